The minimum absolute atomic E-state index is 0.159. The number of hydrogen-bond donors (Lipinski definition) is 1. The van der Waals surface area contributed by atoms with Crippen molar-refractivity contribution in [3.63, 3.8) is 0 Å². The van der Waals surface area contributed by atoms with Crippen LogP contribution in [-0.4, -0.2) is 33.0 Å². The fourth-order valence-electron chi connectivity index (χ4n) is 4.01. The van der Waals surface area contributed by atoms with E-state index in [0.717, 1.165) is 42.6 Å². The van der Waals surface area contributed by atoms with E-state index < -0.39 is 0 Å². The van der Waals surface area contributed by atoms with Crippen LogP contribution < -0.4 is 10.1 Å². The molecule has 0 atom stereocenters. The molecule has 0 fully saturated rings. The highest BCUT2D eigenvalue weighted by Crippen LogP contribution is 2.37. The van der Waals surface area contributed by atoms with Crippen molar-refractivity contribution in [3.05, 3.63) is 52.9 Å². The van der Waals surface area contributed by atoms with Gasteiger partial charge in [-0.05, 0) is 62.4 Å². The number of amides is 1. The van der Waals surface area contributed by atoms with Gasteiger partial charge >= 0.3 is 0 Å². The molecule has 0 bridgehead atoms. The van der Waals surface area contributed by atoms with E-state index in [0.29, 0.717) is 34.7 Å². The van der Waals surface area contributed by atoms with Gasteiger partial charge in [-0.2, -0.15) is 5.26 Å². The maximum Gasteiger partial charge on any atom is 0.235 e. The molecule has 1 aromatic carbocycles. The lowest BCUT2D eigenvalue weighted by molar-refractivity contribution is -0.113. The third kappa shape index (κ3) is 5.34. The number of carbonyl (C=O) groups excluding carboxylic acids is 1. The van der Waals surface area contributed by atoms with Crippen molar-refractivity contribution < 1.29 is 9.53 Å². The standard InChI is InChI=1S/C25H27N5O2S2/c1-3-14-30-23(17-10-12-18(13-11-17)32-4-2)28-29-25(30)33-16-22(31)27-24-20(15-26)19-8-6-5-7-9-21(19)34-24/h3,10-13H,1,4-9,14,16H2,2H3,(H,27,31). The van der Waals surface area contributed by atoms with Gasteiger partial charge in [0.2, 0.25) is 5.91 Å². The van der Waals surface area contributed by atoms with Crippen LogP contribution in [0.1, 0.15) is 42.2 Å². The van der Waals surface area contributed by atoms with Crippen LogP contribution in [0.25, 0.3) is 11.4 Å². The number of allylic oxidation sites excluding steroid dienone is 1. The monoisotopic (exact) mass is 493 g/mol. The Labute approximate surface area is 207 Å². The molecule has 1 N–H and O–H groups in total. The van der Waals surface area contributed by atoms with Crippen molar-refractivity contribution in [3.8, 4) is 23.2 Å². The number of anilines is 1. The molecule has 1 aliphatic rings. The molecule has 0 unspecified atom stereocenters. The van der Waals surface area contributed by atoms with Gasteiger partial charge < -0.3 is 10.1 Å². The fraction of sp³-hybridized carbons (Fsp3) is 0.360. The summed E-state index contributed by atoms with van der Waals surface area (Å²) in [6.45, 7) is 6.93. The number of thiophene rings is 1. The van der Waals surface area contributed by atoms with Crippen molar-refractivity contribution in [2.45, 2.75) is 50.7 Å². The summed E-state index contributed by atoms with van der Waals surface area (Å²) in [5, 5.41) is 22.6. The number of aryl methyl sites for hydroxylation is 1. The van der Waals surface area contributed by atoms with E-state index in [1.165, 1.54) is 23.1 Å². The van der Waals surface area contributed by atoms with Crippen molar-refractivity contribution in [1.29, 1.82) is 5.26 Å². The molecular weight excluding hydrogens is 466 g/mol. The number of rotatable bonds is 9. The third-order valence-corrected chi connectivity index (χ3v) is 7.74. The molecule has 1 aliphatic carbocycles. The first-order valence-corrected chi connectivity index (χ1v) is 13.2. The van der Waals surface area contributed by atoms with E-state index in [4.69, 9.17) is 4.74 Å². The van der Waals surface area contributed by atoms with E-state index in [-0.39, 0.29) is 11.7 Å². The number of nitriles is 1. The lowest BCUT2D eigenvalue weighted by atomic mass is 10.1. The van der Waals surface area contributed by atoms with Crippen LogP contribution in [0.5, 0.6) is 5.75 Å². The minimum atomic E-state index is -0.159. The van der Waals surface area contributed by atoms with Gasteiger partial charge in [0.15, 0.2) is 11.0 Å². The number of fused-ring (bicyclic) bond motifs is 1. The van der Waals surface area contributed by atoms with Gasteiger partial charge in [-0.3, -0.25) is 9.36 Å². The van der Waals surface area contributed by atoms with Crippen molar-refractivity contribution >= 4 is 34.0 Å². The first kappa shape index (κ1) is 24.0. The van der Waals surface area contributed by atoms with Crippen molar-refractivity contribution in [2.24, 2.45) is 0 Å². The molecule has 2 aromatic heterocycles. The van der Waals surface area contributed by atoms with Crippen LogP contribution in [0, 0.1) is 11.3 Å². The van der Waals surface area contributed by atoms with Crippen LogP contribution in [0.2, 0.25) is 0 Å². The molecule has 3 aromatic rings. The van der Waals surface area contributed by atoms with Crippen molar-refractivity contribution in [1.82, 2.24) is 14.8 Å². The second kappa shape index (κ2) is 11.4. The summed E-state index contributed by atoms with van der Waals surface area (Å²) in [4.78, 5) is 14.0. The first-order chi connectivity index (χ1) is 16.6. The van der Waals surface area contributed by atoms with Crippen LogP contribution in [-0.2, 0) is 24.2 Å². The second-order valence-corrected chi connectivity index (χ2v) is 9.93. The van der Waals surface area contributed by atoms with Crippen molar-refractivity contribution in [2.75, 3.05) is 17.7 Å². The summed E-state index contributed by atoms with van der Waals surface area (Å²) < 4.78 is 7.45. The number of benzene rings is 1. The predicted molar refractivity (Wildman–Crippen MR) is 136 cm³/mol. The Balaban J connectivity index is 1.46. The Kier molecular flexibility index (Phi) is 8.03. The SMILES string of the molecule is C=CCn1c(SCC(=O)Nc2sc3c(c2C#N)CCCCC3)nnc1-c1ccc(OCC)cc1. The van der Waals surface area contributed by atoms with E-state index in [1.807, 2.05) is 35.8 Å². The Hall–Kier alpha value is -3.09. The molecule has 0 saturated carbocycles. The number of thioether (sulfide) groups is 1. The number of ether oxygens (including phenoxy) is 1. The average Bonchev–Trinajstić information content (AvgIpc) is 3.30. The van der Waals surface area contributed by atoms with E-state index in [2.05, 4.69) is 28.2 Å². The quantitative estimate of drug-likeness (QED) is 0.242. The fourth-order valence-corrected chi connectivity index (χ4v) is 6.02. The molecule has 2 heterocycles. The zero-order valence-corrected chi connectivity index (χ0v) is 20.8. The summed E-state index contributed by atoms with van der Waals surface area (Å²) in [5.74, 6) is 1.52. The van der Waals surface area contributed by atoms with Gasteiger partial charge in [-0.15, -0.1) is 28.1 Å². The topological polar surface area (TPSA) is 92.8 Å². The molecule has 9 heteroatoms. The highest BCUT2D eigenvalue weighted by molar-refractivity contribution is 7.99. The maximum absolute atomic E-state index is 12.8. The summed E-state index contributed by atoms with van der Waals surface area (Å²) >= 11 is 2.87. The number of nitrogens with zero attached hydrogens (tertiary/aromatic N) is 4. The summed E-state index contributed by atoms with van der Waals surface area (Å²) in [6, 6.07) is 10.0. The maximum atomic E-state index is 12.8. The second-order valence-electron chi connectivity index (χ2n) is 7.88. The Bertz CT molecular complexity index is 1210. The third-order valence-electron chi connectivity index (χ3n) is 5.57. The molecular formula is C25H27N5O2S2. The van der Waals surface area contributed by atoms with Crippen LogP contribution in [0.15, 0.2) is 42.1 Å². The molecule has 176 valence electrons. The van der Waals surface area contributed by atoms with Crippen LogP contribution >= 0.6 is 23.1 Å². The molecule has 0 saturated heterocycles. The normalized spacial score (nSPS) is 12.9. The van der Waals surface area contributed by atoms with E-state index >= 15 is 0 Å². The van der Waals surface area contributed by atoms with Gasteiger partial charge in [0.05, 0.1) is 17.9 Å². The van der Waals surface area contributed by atoms with Gasteiger partial charge in [0.25, 0.3) is 0 Å². The van der Waals surface area contributed by atoms with E-state index in [9.17, 15) is 10.1 Å². The van der Waals surface area contributed by atoms with Crippen LogP contribution in [0.3, 0.4) is 0 Å². The molecule has 1 amide bonds. The molecule has 4 rings (SSSR count). The number of hydrogen-bond acceptors (Lipinski definition) is 7. The Morgan fingerprint density at radius 1 is 1.29 bits per heavy atom. The van der Waals surface area contributed by atoms with E-state index in [1.54, 1.807) is 17.4 Å². The Morgan fingerprint density at radius 2 is 2.09 bits per heavy atom. The molecule has 0 spiro atoms. The number of nitrogens with one attached hydrogen (secondary N) is 1. The van der Waals surface area contributed by atoms with Gasteiger partial charge in [-0.1, -0.05) is 24.3 Å². The summed E-state index contributed by atoms with van der Waals surface area (Å²) in [7, 11) is 0. The molecule has 7 nitrogen and oxygen atoms in total. The molecule has 0 radical (unpaired) electrons. The van der Waals surface area contributed by atoms with Gasteiger partial charge in [0.1, 0.15) is 16.8 Å². The first-order valence-electron chi connectivity index (χ1n) is 11.4. The lowest BCUT2D eigenvalue weighted by Crippen LogP contribution is -2.14. The number of carbonyl (C=O) groups is 1. The average molecular weight is 494 g/mol. The molecule has 0 aliphatic heterocycles. The lowest BCUT2D eigenvalue weighted by Gasteiger charge is -2.09. The summed E-state index contributed by atoms with van der Waals surface area (Å²) in [5.41, 5.74) is 2.67. The zero-order chi connectivity index (χ0) is 23.9. The highest BCUT2D eigenvalue weighted by Gasteiger charge is 2.21. The van der Waals surface area contributed by atoms with Gasteiger partial charge in [0, 0.05) is 17.0 Å². The molecule has 34 heavy (non-hydrogen) atoms. The number of aromatic nitrogens is 3. The smallest absolute Gasteiger partial charge is 0.235 e. The van der Waals surface area contributed by atoms with Crippen LogP contribution in [0.4, 0.5) is 5.00 Å². The zero-order valence-electron chi connectivity index (χ0n) is 19.2. The minimum Gasteiger partial charge on any atom is -0.494 e. The predicted octanol–water partition coefficient (Wildman–Crippen LogP) is 5.46. The van der Waals surface area contributed by atoms with Gasteiger partial charge in [-0.25, -0.2) is 0 Å². The highest BCUT2D eigenvalue weighted by atomic mass is 32.2. The summed E-state index contributed by atoms with van der Waals surface area (Å²) in [6.07, 6.45) is 7.10. The Morgan fingerprint density at radius 3 is 2.82 bits per heavy atom. The largest absolute Gasteiger partial charge is 0.494 e.